The number of amides is 1. The van der Waals surface area contributed by atoms with Crippen LogP contribution in [-0.2, 0) is 9.53 Å². The molecule has 1 aliphatic carbocycles. The first-order valence-corrected chi connectivity index (χ1v) is 8.35. The highest BCUT2D eigenvalue weighted by Crippen LogP contribution is 2.54. The molecule has 4 aliphatic rings. The van der Waals surface area contributed by atoms with Gasteiger partial charge in [0.25, 0.3) is 0 Å². The molecule has 3 heterocycles. The van der Waals surface area contributed by atoms with Gasteiger partial charge in [0.1, 0.15) is 5.60 Å². The summed E-state index contributed by atoms with van der Waals surface area (Å²) in [6.07, 6.45) is 14.1. The van der Waals surface area contributed by atoms with Crippen LogP contribution < -0.4 is 0 Å². The number of fused-ring (bicyclic) bond motifs is 1. The molecular weight excluding hydrogens is 250 g/mol. The van der Waals surface area contributed by atoms with Crippen LogP contribution in [0, 0.1) is 5.92 Å². The van der Waals surface area contributed by atoms with Crippen LogP contribution in [0.3, 0.4) is 0 Å². The summed E-state index contributed by atoms with van der Waals surface area (Å²) >= 11 is 0. The highest BCUT2D eigenvalue weighted by Gasteiger charge is 2.59. The molecule has 0 N–H and O–H groups in total. The number of nitrogens with zero attached hydrogens (tertiary/aromatic N) is 1. The summed E-state index contributed by atoms with van der Waals surface area (Å²) in [4.78, 5) is 14.8. The van der Waals surface area contributed by atoms with Crippen LogP contribution in [0.15, 0.2) is 12.2 Å². The van der Waals surface area contributed by atoms with Crippen molar-refractivity contribution in [3.8, 4) is 0 Å². The van der Waals surface area contributed by atoms with Gasteiger partial charge >= 0.3 is 0 Å². The van der Waals surface area contributed by atoms with Gasteiger partial charge < -0.3 is 9.64 Å². The highest BCUT2D eigenvalue weighted by atomic mass is 16.5. The number of hydrogen-bond acceptors (Lipinski definition) is 2. The van der Waals surface area contributed by atoms with Crippen molar-refractivity contribution in [2.45, 2.75) is 75.5 Å². The molecule has 0 aromatic rings. The van der Waals surface area contributed by atoms with Crippen LogP contribution in [0.1, 0.15) is 58.3 Å². The minimum Gasteiger partial charge on any atom is -0.361 e. The van der Waals surface area contributed by atoms with Crippen molar-refractivity contribution < 1.29 is 9.53 Å². The van der Waals surface area contributed by atoms with Gasteiger partial charge in [-0.15, -0.1) is 0 Å². The molecule has 1 saturated carbocycles. The molecule has 0 aromatic heterocycles. The number of rotatable bonds is 1. The van der Waals surface area contributed by atoms with E-state index < -0.39 is 0 Å². The molecule has 110 valence electrons. The molecule has 20 heavy (non-hydrogen) atoms. The van der Waals surface area contributed by atoms with Crippen molar-refractivity contribution in [1.82, 2.24) is 4.90 Å². The minimum atomic E-state index is -0.141. The SMILES string of the molecule is CCC(=O)N1C[C@@]23C=C[C@H](C[C@@H]2CC12CCCCC2)O3. The quantitative estimate of drug-likeness (QED) is 0.688. The van der Waals surface area contributed by atoms with E-state index in [1.807, 2.05) is 6.92 Å². The average molecular weight is 275 g/mol. The monoisotopic (exact) mass is 275 g/mol. The maximum absolute atomic E-state index is 12.5. The Hall–Kier alpha value is -0.830. The van der Waals surface area contributed by atoms with Gasteiger partial charge in [-0.2, -0.15) is 0 Å². The Bertz CT molecular complexity index is 452. The zero-order chi connectivity index (χ0) is 13.8. The number of carbonyl (C=O) groups is 1. The summed E-state index contributed by atoms with van der Waals surface area (Å²) in [5.41, 5.74) is 0.0150. The third-order valence-corrected chi connectivity index (χ3v) is 6.16. The highest BCUT2D eigenvalue weighted by molar-refractivity contribution is 5.77. The number of likely N-dealkylation sites (tertiary alicyclic amines) is 1. The van der Waals surface area contributed by atoms with Crippen LogP contribution in [0.2, 0.25) is 0 Å². The van der Waals surface area contributed by atoms with Gasteiger partial charge in [-0.25, -0.2) is 0 Å². The van der Waals surface area contributed by atoms with Crippen molar-refractivity contribution >= 4 is 5.91 Å². The van der Waals surface area contributed by atoms with Gasteiger partial charge in [-0.05, 0) is 31.6 Å². The van der Waals surface area contributed by atoms with E-state index >= 15 is 0 Å². The fourth-order valence-electron chi connectivity index (χ4n) is 5.16. The lowest BCUT2D eigenvalue weighted by atomic mass is 9.65. The first-order chi connectivity index (χ1) is 9.67. The Morgan fingerprint density at radius 2 is 2.15 bits per heavy atom. The van der Waals surface area contributed by atoms with Crippen LogP contribution in [0.5, 0.6) is 0 Å². The van der Waals surface area contributed by atoms with Crippen molar-refractivity contribution in [3.05, 3.63) is 12.2 Å². The lowest BCUT2D eigenvalue weighted by Crippen LogP contribution is -2.64. The fourth-order valence-corrected chi connectivity index (χ4v) is 5.16. The van der Waals surface area contributed by atoms with Gasteiger partial charge in [0.2, 0.25) is 5.91 Å². The summed E-state index contributed by atoms with van der Waals surface area (Å²) in [5.74, 6) is 0.962. The van der Waals surface area contributed by atoms with E-state index in [1.165, 1.54) is 44.9 Å². The minimum absolute atomic E-state index is 0.141. The second-order valence-electron chi connectivity index (χ2n) is 7.23. The van der Waals surface area contributed by atoms with Crippen molar-refractivity contribution in [1.29, 1.82) is 0 Å². The Morgan fingerprint density at radius 3 is 2.85 bits per heavy atom. The van der Waals surface area contributed by atoms with E-state index in [-0.39, 0.29) is 11.1 Å². The molecule has 0 aromatic carbocycles. The van der Waals surface area contributed by atoms with Crippen LogP contribution in [0.4, 0.5) is 0 Å². The first kappa shape index (κ1) is 12.9. The van der Waals surface area contributed by atoms with Crippen LogP contribution >= 0.6 is 0 Å². The lowest BCUT2D eigenvalue weighted by molar-refractivity contribution is -0.155. The standard InChI is InChI=1S/C17H25NO2/c1-2-15(19)18-12-17-9-6-14(20-17)10-13(17)11-16(18)7-4-3-5-8-16/h6,9,13-14H,2-5,7-8,10-12H2,1H3/t13-,14-,17+/m1/s1. The predicted octanol–water partition coefficient (Wildman–Crippen LogP) is 3.05. The fraction of sp³-hybridized carbons (Fsp3) is 0.824. The van der Waals surface area contributed by atoms with E-state index in [0.29, 0.717) is 24.3 Å². The lowest BCUT2D eigenvalue weighted by Gasteiger charge is -2.56. The average Bonchev–Trinajstić information content (AvgIpc) is 3.03. The molecule has 2 bridgehead atoms. The Morgan fingerprint density at radius 1 is 1.35 bits per heavy atom. The van der Waals surface area contributed by atoms with Gasteiger partial charge in [0.05, 0.1) is 12.6 Å². The van der Waals surface area contributed by atoms with Gasteiger partial charge in [0.15, 0.2) is 0 Å². The molecule has 0 unspecified atom stereocenters. The van der Waals surface area contributed by atoms with E-state index in [9.17, 15) is 4.79 Å². The Labute approximate surface area is 121 Å². The molecule has 4 rings (SSSR count). The molecular formula is C17H25NO2. The Kier molecular flexibility index (Phi) is 2.79. The van der Waals surface area contributed by atoms with E-state index in [1.54, 1.807) is 0 Å². The second kappa shape index (κ2) is 4.33. The molecule has 3 aliphatic heterocycles. The summed E-state index contributed by atoms with van der Waals surface area (Å²) in [7, 11) is 0. The van der Waals surface area contributed by atoms with Gasteiger partial charge in [0, 0.05) is 12.0 Å². The molecule has 3 atom stereocenters. The van der Waals surface area contributed by atoms with Crippen LogP contribution in [0.25, 0.3) is 0 Å². The molecule has 3 nitrogen and oxygen atoms in total. The van der Waals surface area contributed by atoms with E-state index in [2.05, 4.69) is 17.1 Å². The first-order valence-electron chi connectivity index (χ1n) is 8.35. The molecule has 2 spiro atoms. The van der Waals surface area contributed by atoms with Crippen molar-refractivity contribution in [2.75, 3.05) is 6.54 Å². The number of hydrogen-bond donors (Lipinski definition) is 0. The number of carbonyl (C=O) groups excluding carboxylic acids is 1. The molecule has 1 amide bonds. The summed E-state index contributed by atoms with van der Waals surface area (Å²) in [5, 5.41) is 0. The largest absolute Gasteiger partial charge is 0.361 e. The summed E-state index contributed by atoms with van der Waals surface area (Å²) in [6.45, 7) is 2.79. The number of piperidine rings is 1. The topological polar surface area (TPSA) is 29.5 Å². The molecule has 3 fully saturated rings. The van der Waals surface area contributed by atoms with E-state index in [0.717, 1.165) is 6.54 Å². The second-order valence-corrected chi connectivity index (χ2v) is 7.23. The zero-order valence-electron chi connectivity index (χ0n) is 12.4. The summed E-state index contributed by atoms with van der Waals surface area (Å²) < 4.78 is 6.22. The molecule has 0 radical (unpaired) electrons. The number of ether oxygens (including phenoxy) is 1. The van der Waals surface area contributed by atoms with Crippen molar-refractivity contribution in [2.24, 2.45) is 5.92 Å². The van der Waals surface area contributed by atoms with Gasteiger partial charge in [-0.3, -0.25) is 4.79 Å². The predicted molar refractivity (Wildman–Crippen MR) is 77.3 cm³/mol. The smallest absolute Gasteiger partial charge is 0.222 e. The maximum atomic E-state index is 12.5. The maximum Gasteiger partial charge on any atom is 0.222 e. The van der Waals surface area contributed by atoms with Crippen molar-refractivity contribution in [3.63, 3.8) is 0 Å². The molecule has 3 heteroatoms. The third kappa shape index (κ3) is 1.65. The van der Waals surface area contributed by atoms with E-state index in [4.69, 9.17) is 4.74 Å². The summed E-state index contributed by atoms with van der Waals surface area (Å²) in [6, 6.07) is 0. The van der Waals surface area contributed by atoms with Crippen LogP contribution in [-0.4, -0.2) is 34.6 Å². The zero-order valence-corrected chi connectivity index (χ0v) is 12.4. The third-order valence-electron chi connectivity index (χ3n) is 6.16. The van der Waals surface area contributed by atoms with Gasteiger partial charge in [-0.1, -0.05) is 38.3 Å². The normalized spacial score (nSPS) is 41.1. The molecule has 2 saturated heterocycles. The Balaban J connectivity index is 1.68.